The Morgan fingerprint density at radius 2 is 2.12 bits per heavy atom. The van der Waals surface area contributed by atoms with Gasteiger partial charge in [-0.3, -0.25) is 0 Å². The molecule has 1 aromatic carbocycles. The van der Waals surface area contributed by atoms with Crippen molar-refractivity contribution >= 4 is 5.97 Å². The largest absolute Gasteiger partial charge is 0.475 e. The minimum Gasteiger partial charge on any atom is -0.475 e. The molecule has 1 heterocycles. The summed E-state index contributed by atoms with van der Waals surface area (Å²) in [6, 6.07) is 9.59. The summed E-state index contributed by atoms with van der Waals surface area (Å²) in [6.07, 6.45) is 2.19. The molecule has 1 N–H and O–H groups in total. The summed E-state index contributed by atoms with van der Waals surface area (Å²) in [4.78, 5) is 10.6. The lowest BCUT2D eigenvalue weighted by molar-refractivity contribution is 0.0662. The molecule has 2 rings (SSSR count). The molecule has 2 aromatic rings. The van der Waals surface area contributed by atoms with Gasteiger partial charge in [-0.05, 0) is 29.7 Å². The van der Waals surface area contributed by atoms with Crippen LogP contribution in [0.1, 0.15) is 27.2 Å². The van der Waals surface area contributed by atoms with Gasteiger partial charge < -0.3 is 9.52 Å². The Hall–Kier alpha value is -2.03. The van der Waals surface area contributed by atoms with Gasteiger partial charge in [0.05, 0.1) is 6.26 Å². The van der Waals surface area contributed by atoms with Crippen LogP contribution in [-0.4, -0.2) is 11.1 Å². The Labute approximate surface area is 93.3 Å². The molecule has 0 aliphatic carbocycles. The standard InChI is InChI=1S/C13H12O3/c1-9-4-2-3-5-11(9)6-10-7-12(13(14)15)16-8-10/h2-5,7-8H,6H2,1H3,(H,14,15). The van der Waals surface area contributed by atoms with Crippen LogP contribution in [0.3, 0.4) is 0 Å². The molecule has 3 nitrogen and oxygen atoms in total. The van der Waals surface area contributed by atoms with Crippen LogP contribution in [0.2, 0.25) is 0 Å². The van der Waals surface area contributed by atoms with Gasteiger partial charge in [0.2, 0.25) is 5.76 Å². The van der Waals surface area contributed by atoms with Crippen molar-refractivity contribution in [2.45, 2.75) is 13.3 Å². The van der Waals surface area contributed by atoms with Crippen LogP contribution < -0.4 is 0 Å². The van der Waals surface area contributed by atoms with Crippen LogP contribution in [0.5, 0.6) is 0 Å². The van der Waals surface area contributed by atoms with Gasteiger partial charge in [-0.2, -0.15) is 0 Å². The summed E-state index contributed by atoms with van der Waals surface area (Å²) in [6.45, 7) is 2.04. The van der Waals surface area contributed by atoms with Crippen LogP contribution in [0.25, 0.3) is 0 Å². The lowest BCUT2D eigenvalue weighted by atomic mass is 10.0. The van der Waals surface area contributed by atoms with Crippen molar-refractivity contribution in [3.63, 3.8) is 0 Å². The van der Waals surface area contributed by atoms with Gasteiger partial charge in [0.25, 0.3) is 0 Å². The second-order valence-electron chi connectivity index (χ2n) is 3.73. The second kappa shape index (κ2) is 4.23. The smallest absolute Gasteiger partial charge is 0.371 e. The molecule has 0 unspecified atom stereocenters. The maximum Gasteiger partial charge on any atom is 0.371 e. The summed E-state index contributed by atoms with van der Waals surface area (Å²) >= 11 is 0. The molecular formula is C13H12O3. The monoisotopic (exact) mass is 216 g/mol. The Balaban J connectivity index is 2.21. The van der Waals surface area contributed by atoms with E-state index in [0.717, 1.165) is 5.56 Å². The molecule has 82 valence electrons. The van der Waals surface area contributed by atoms with Crippen LogP contribution in [0, 0.1) is 6.92 Å². The highest BCUT2D eigenvalue weighted by atomic mass is 16.4. The predicted octanol–water partition coefficient (Wildman–Crippen LogP) is 2.88. The third-order valence-corrected chi connectivity index (χ3v) is 2.52. The first-order valence-electron chi connectivity index (χ1n) is 5.02. The third-order valence-electron chi connectivity index (χ3n) is 2.52. The van der Waals surface area contributed by atoms with Gasteiger partial charge in [-0.15, -0.1) is 0 Å². The Bertz CT molecular complexity index is 511. The molecular weight excluding hydrogens is 204 g/mol. The molecule has 16 heavy (non-hydrogen) atoms. The summed E-state index contributed by atoms with van der Waals surface area (Å²) in [5.41, 5.74) is 3.26. The van der Waals surface area contributed by atoms with Gasteiger partial charge >= 0.3 is 5.97 Å². The van der Waals surface area contributed by atoms with Crippen LogP contribution in [0.4, 0.5) is 0 Å². The highest BCUT2D eigenvalue weighted by Gasteiger charge is 2.09. The van der Waals surface area contributed by atoms with E-state index in [1.807, 2.05) is 31.2 Å². The highest BCUT2D eigenvalue weighted by molar-refractivity contribution is 5.84. The van der Waals surface area contributed by atoms with Crippen molar-refractivity contribution < 1.29 is 14.3 Å². The average Bonchev–Trinajstić information content (AvgIpc) is 2.70. The molecule has 0 fully saturated rings. The third kappa shape index (κ3) is 2.14. The summed E-state index contributed by atoms with van der Waals surface area (Å²) in [7, 11) is 0. The number of carbonyl (C=O) groups is 1. The zero-order valence-corrected chi connectivity index (χ0v) is 8.93. The Morgan fingerprint density at radius 3 is 2.75 bits per heavy atom. The Morgan fingerprint density at radius 1 is 1.38 bits per heavy atom. The van der Waals surface area contributed by atoms with E-state index in [2.05, 4.69) is 0 Å². The fourth-order valence-corrected chi connectivity index (χ4v) is 1.61. The minimum atomic E-state index is -1.03. The first-order valence-corrected chi connectivity index (χ1v) is 5.02. The molecule has 0 aliphatic heterocycles. The number of hydrogen-bond donors (Lipinski definition) is 1. The first-order chi connectivity index (χ1) is 7.66. The summed E-state index contributed by atoms with van der Waals surface area (Å²) in [5.74, 6) is -1.04. The molecule has 0 amide bonds. The number of hydrogen-bond acceptors (Lipinski definition) is 2. The van der Waals surface area contributed by atoms with E-state index in [1.165, 1.54) is 17.4 Å². The first kappa shape index (κ1) is 10.5. The van der Waals surface area contributed by atoms with Gasteiger partial charge in [-0.25, -0.2) is 4.79 Å². The molecule has 0 atom stereocenters. The van der Waals surface area contributed by atoms with E-state index in [4.69, 9.17) is 9.52 Å². The number of aryl methyl sites for hydroxylation is 1. The van der Waals surface area contributed by atoms with E-state index in [0.29, 0.717) is 6.42 Å². The van der Waals surface area contributed by atoms with Crippen molar-refractivity contribution in [1.29, 1.82) is 0 Å². The lowest BCUT2D eigenvalue weighted by Crippen LogP contribution is -1.93. The van der Waals surface area contributed by atoms with E-state index in [9.17, 15) is 4.79 Å². The molecule has 0 saturated carbocycles. The van der Waals surface area contributed by atoms with Gasteiger partial charge in [0.1, 0.15) is 0 Å². The van der Waals surface area contributed by atoms with Crippen LogP contribution >= 0.6 is 0 Å². The summed E-state index contributed by atoms with van der Waals surface area (Å²) < 4.78 is 4.94. The number of aromatic carboxylic acids is 1. The molecule has 0 spiro atoms. The van der Waals surface area contributed by atoms with E-state index in [-0.39, 0.29) is 5.76 Å². The number of carboxylic acids is 1. The second-order valence-corrected chi connectivity index (χ2v) is 3.73. The van der Waals surface area contributed by atoms with Gasteiger partial charge in [-0.1, -0.05) is 24.3 Å². The minimum absolute atomic E-state index is 0.0106. The molecule has 0 saturated heterocycles. The molecule has 3 heteroatoms. The maximum absolute atomic E-state index is 10.6. The lowest BCUT2D eigenvalue weighted by Gasteiger charge is -2.02. The zero-order chi connectivity index (χ0) is 11.5. The zero-order valence-electron chi connectivity index (χ0n) is 8.93. The predicted molar refractivity (Wildman–Crippen MR) is 59.7 cm³/mol. The number of carboxylic acid groups (broad SMARTS) is 1. The quantitative estimate of drug-likeness (QED) is 0.858. The highest BCUT2D eigenvalue weighted by Crippen LogP contribution is 2.15. The van der Waals surface area contributed by atoms with Crippen LogP contribution in [-0.2, 0) is 6.42 Å². The van der Waals surface area contributed by atoms with Crippen LogP contribution in [0.15, 0.2) is 41.0 Å². The summed E-state index contributed by atoms with van der Waals surface area (Å²) in [5, 5.41) is 8.73. The van der Waals surface area contributed by atoms with E-state index in [1.54, 1.807) is 6.07 Å². The van der Waals surface area contributed by atoms with Gasteiger partial charge in [0, 0.05) is 6.42 Å². The fourth-order valence-electron chi connectivity index (χ4n) is 1.61. The average molecular weight is 216 g/mol. The Kier molecular flexibility index (Phi) is 2.77. The van der Waals surface area contributed by atoms with E-state index >= 15 is 0 Å². The van der Waals surface area contributed by atoms with Crippen molar-refractivity contribution in [3.8, 4) is 0 Å². The molecule has 1 aromatic heterocycles. The maximum atomic E-state index is 10.6. The number of furan rings is 1. The molecule has 0 radical (unpaired) electrons. The number of benzene rings is 1. The number of rotatable bonds is 3. The van der Waals surface area contributed by atoms with Crippen molar-refractivity contribution in [2.75, 3.05) is 0 Å². The SMILES string of the molecule is Cc1ccccc1Cc1coc(C(=O)O)c1. The van der Waals surface area contributed by atoms with E-state index < -0.39 is 5.97 Å². The normalized spacial score (nSPS) is 10.3. The van der Waals surface area contributed by atoms with Crippen molar-refractivity contribution in [3.05, 3.63) is 59.0 Å². The van der Waals surface area contributed by atoms with Gasteiger partial charge in [0.15, 0.2) is 0 Å². The fraction of sp³-hybridized carbons (Fsp3) is 0.154. The molecule has 0 aliphatic rings. The molecule has 0 bridgehead atoms. The topological polar surface area (TPSA) is 50.4 Å². The van der Waals surface area contributed by atoms with Crippen molar-refractivity contribution in [2.24, 2.45) is 0 Å². The van der Waals surface area contributed by atoms with Crippen molar-refractivity contribution in [1.82, 2.24) is 0 Å².